The Balaban J connectivity index is 1.55. The number of para-hydroxylation sites is 1. The summed E-state index contributed by atoms with van der Waals surface area (Å²) in [5.74, 6) is 1.26. The Labute approximate surface area is 182 Å². The van der Waals surface area contributed by atoms with E-state index in [0.717, 1.165) is 34.8 Å². The van der Waals surface area contributed by atoms with Gasteiger partial charge in [-0.15, -0.1) is 0 Å². The second-order valence-corrected chi connectivity index (χ2v) is 9.76. The highest BCUT2D eigenvalue weighted by atomic mass is 32.2. The minimum atomic E-state index is -3.48. The van der Waals surface area contributed by atoms with Gasteiger partial charge >= 0.3 is 0 Å². The number of nitrogens with zero attached hydrogens (tertiary/aromatic N) is 4. The third-order valence-corrected chi connectivity index (χ3v) is 6.79. The highest BCUT2D eigenvalue weighted by molar-refractivity contribution is 7.92. The lowest BCUT2D eigenvalue weighted by Crippen LogP contribution is -2.40. The van der Waals surface area contributed by atoms with E-state index in [1.165, 1.54) is 7.05 Å². The minimum Gasteiger partial charge on any atom is -0.338 e. The molecule has 2 aromatic carbocycles. The second kappa shape index (κ2) is 8.50. The summed E-state index contributed by atoms with van der Waals surface area (Å²) in [6.45, 7) is 1.12. The number of benzene rings is 2. The van der Waals surface area contributed by atoms with Crippen molar-refractivity contribution in [3.05, 3.63) is 66.0 Å². The summed E-state index contributed by atoms with van der Waals surface area (Å²) in [4.78, 5) is 19.7. The van der Waals surface area contributed by atoms with Crippen LogP contribution in [0.3, 0.4) is 0 Å². The SMILES string of the molecule is CN(c1ccccc1C(=O)N1CCC[C@@H](c2nc(-c3ccccc3)n[nH]2)C1)S(C)(=O)=O. The van der Waals surface area contributed by atoms with E-state index >= 15 is 0 Å². The maximum Gasteiger partial charge on any atom is 0.256 e. The normalized spacial score (nSPS) is 16.8. The zero-order valence-electron chi connectivity index (χ0n) is 17.5. The van der Waals surface area contributed by atoms with Crippen molar-refractivity contribution in [3.63, 3.8) is 0 Å². The van der Waals surface area contributed by atoms with Gasteiger partial charge in [0.25, 0.3) is 5.91 Å². The third kappa shape index (κ3) is 4.46. The van der Waals surface area contributed by atoms with Crippen molar-refractivity contribution in [2.45, 2.75) is 18.8 Å². The van der Waals surface area contributed by atoms with E-state index in [-0.39, 0.29) is 11.8 Å². The van der Waals surface area contributed by atoms with Crippen molar-refractivity contribution in [1.29, 1.82) is 0 Å². The second-order valence-electron chi connectivity index (χ2n) is 7.75. The van der Waals surface area contributed by atoms with Gasteiger partial charge in [0.15, 0.2) is 5.82 Å². The number of anilines is 1. The average Bonchev–Trinajstić information content (AvgIpc) is 3.29. The number of carbonyl (C=O) groups is 1. The van der Waals surface area contributed by atoms with Crippen LogP contribution in [0.5, 0.6) is 0 Å². The molecule has 31 heavy (non-hydrogen) atoms. The number of hydrogen-bond donors (Lipinski definition) is 1. The molecule has 9 heteroatoms. The minimum absolute atomic E-state index is 0.0439. The summed E-state index contributed by atoms with van der Waals surface area (Å²) in [5.41, 5.74) is 1.69. The number of aromatic amines is 1. The molecule has 0 bridgehead atoms. The number of rotatable bonds is 5. The van der Waals surface area contributed by atoms with E-state index in [0.29, 0.717) is 30.2 Å². The summed E-state index contributed by atoms with van der Waals surface area (Å²) in [6, 6.07) is 16.5. The lowest BCUT2D eigenvalue weighted by atomic mass is 9.96. The van der Waals surface area contributed by atoms with Crippen LogP contribution in [0.1, 0.15) is 34.9 Å². The van der Waals surface area contributed by atoms with E-state index in [1.807, 2.05) is 30.3 Å². The zero-order chi connectivity index (χ0) is 22.0. The molecule has 0 unspecified atom stereocenters. The summed E-state index contributed by atoms with van der Waals surface area (Å²) in [5, 5.41) is 7.38. The van der Waals surface area contributed by atoms with Gasteiger partial charge in [-0.25, -0.2) is 13.4 Å². The van der Waals surface area contributed by atoms with Crippen molar-refractivity contribution < 1.29 is 13.2 Å². The first-order valence-corrected chi connectivity index (χ1v) is 12.0. The van der Waals surface area contributed by atoms with Crippen LogP contribution in [0.2, 0.25) is 0 Å². The fourth-order valence-electron chi connectivity index (χ4n) is 3.84. The molecular weight excluding hydrogens is 414 g/mol. The van der Waals surface area contributed by atoms with Gasteiger partial charge in [-0.2, -0.15) is 5.10 Å². The molecule has 0 aliphatic carbocycles. The summed E-state index contributed by atoms with van der Waals surface area (Å²) < 4.78 is 25.2. The summed E-state index contributed by atoms with van der Waals surface area (Å²) in [7, 11) is -2.02. The molecular formula is C22H25N5O3S. The Kier molecular flexibility index (Phi) is 5.77. The molecule has 1 N–H and O–H groups in total. The van der Waals surface area contributed by atoms with Crippen LogP contribution in [0, 0.1) is 0 Å². The van der Waals surface area contributed by atoms with Crippen LogP contribution in [0.4, 0.5) is 5.69 Å². The molecule has 1 aliphatic rings. The molecule has 1 atom stereocenters. The fourth-order valence-corrected chi connectivity index (χ4v) is 4.35. The van der Waals surface area contributed by atoms with Gasteiger partial charge in [0, 0.05) is 31.6 Å². The Morgan fingerprint density at radius 1 is 1.13 bits per heavy atom. The fraction of sp³-hybridized carbons (Fsp3) is 0.318. The molecule has 2 heterocycles. The first kappa shape index (κ1) is 21.0. The molecule has 1 amide bonds. The number of sulfonamides is 1. The molecule has 0 spiro atoms. The lowest BCUT2D eigenvalue weighted by molar-refractivity contribution is 0.0705. The molecule has 1 fully saturated rings. The third-order valence-electron chi connectivity index (χ3n) is 5.60. The predicted octanol–water partition coefficient (Wildman–Crippen LogP) is 2.89. The number of H-pyrrole nitrogens is 1. The van der Waals surface area contributed by atoms with Crippen molar-refractivity contribution >= 4 is 21.6 Å². The molecule has 162 valence electrons. The number of amides is 1. The van der Waals surface area contributed by atoms with Crippen LogP contribution < -0.4 is 4.31 Å². The Bertz CT molecular complexity index is 1180. The van der Waals surface area contributed by atoms with Gasteiger partial charge in [-0.3, -0.25) is 14.2 Å². The van der Waals surface area contributed by atoms with Crippen molar-refractivity contribution in [2.75, 3.05) is 30.7 Å². The quantitative estimate of drug-likeness (QED) is 0.659. The number of hydrogen-bond acceptors (Lipinski definition) is 5. The van der Waals surface area contributed by atoms with Gasteiger partial charge in [0.05, 0.1) is 17.5 Å². The molecule has 1 aliphatic heterocycles. The van der Waals surface area contributed by atoms with E-state index in [2.05, 4.69) is 15.2 Å². The van der Waals surface area contributed by atoms with Crippen LogP contribution in [-0.2, 0) is 10.0 Å². The van der Waals surface area contributed by atoms with E-state index in [4.69, 9.17) is 0 Å². The van der Waals surface area contributed by atoms with Crippen LogP contribution >= 0.6 is 0 Å². The standard InChI is InChI=1S/C22H25N5O3S/c1-26(31(2,29)30)19-13-7-6-12-18(19)22(28)27-14-8-11-17(15-27)21-23-20(24-25-21)16-9-4-3-5-10-16/h3-7,9-10,12-13,17H,8,11,14-15H2,1-2H3,(H,23,24,25)/t17-/m1/s1. The molecule has 0 radical (unpaired) electrons. The topological polar surface area (TPSA) is 99.3 Å². The highest BCUT2D eigenvalue weighted by Crippen LogP contribution is 2.29. The van der Waals surface area contributed by atoms with Crippen molar-refractivity contribution in [3.8, 4) is 11.4 Å². The monoisotopic (exact) mass is 439 g/mol. The number of piperidine rings is 1. The maximum atomic E-state index is 13.3. The van der Waals surface area contributed by atoms with Gasteiger partial charge in [-0.05, 0) is 25.0 Å². The number of likely N-dealkylation sites (tertiary alicyclic amines) is 1. The maximum absolute atomic E-state index is 13.3. The molecule has 8 nitrogen and oxygen atoms in total. The first-order chi connectivity index (χ1) is 14.8. The Morgan fingerprint density at radius 3 is 2.58 bits per heavy atom. The molecule has 0 saturated carbocycles. The van der Waals surface area contributed by atoms with Crippen molar-refractivity contribution in [1.82, 2.24) is 20.1 Å². The summed E-state index contributed by atoms with van der Waals surface area (Å²) in [6.07, 6.45) is 2.86. The molecule has 1 saturated heterocycles. The predicted molar refractivity (Wildman–Crippen MR) is 119 cm³/mol. The van der Waals surface area contributed by atoms with Crippen LogP contribution in [0.15, 0.2) is 54.6 Å². The number of nitrogens with one attached hydrogen (secondary N) is 1. The van der Waals surface area contributed by atoms with Gasteiger partial charge in [0.1, 0.15) is 5.82 Å². The Hall–Kier alpha value is -3.20. The summed E-state index contributed by atoms with van der Waals surface area (Å²) >= 11 is 0. The average molecular weight is 440 g/mol. The zero-order valence-corrected chi connectivity index (χ0v) is 18.3. The van der Waals surface area contributed by atoms with Gasteiger partial charge < -0.3 is 4.90 Å². The van der Waals surface area contributed by atoms with E-state index in [9.17, 15) is 13.2 Å². The van der Waals surface area contributed by atoms with Crippen LogP contribution in [0.25, 0.3) is 11.4 Å². The molecule has 1 aromatic heterocycles. The molecule has 4 rings (SSSR count). The lowest BCUT2D eigenvalue weighted by Gasteiger charge is -2.32. The van der Waals surface area contributed by atoms with Crippen LogP contribution in [-0.4, -0.2) is 60.8 Å². The number of aromatic nitrogens is 3. The Morgan fingerprint density at radius 2 is 1.84 bits per heavy atom. The molecule has 3 aromatic rings. The largest absolute Gasteiger partial charge is 0.338 e. The van der Waals surface area contributed by atoms with E-state index in [1.54, 1.807) is 29.2 Å². The van der Waals surface area contributed by atoms with Gasteiger partial charge in [-0.1, -0.05) is 42.5 Å². The number of carbonyl (C=O) groups excluding carboxylic acids is 1. The first-order valence-electron chi connectivity index (χ1n) is 10.1. The van der Waals surface area contributed by atoms with E-state index < -0.39 is 10.0 Å². The highest BCUT2D eigenvalue weighted by Gasteiger charge is 2.30. The smallest absolute Gasteiger partial charge is 0.256 e. The van der Waals surface area contributed by atoms with Gasteiger partial charge in [0.2, 0.25) is 10.0 Å². The van der Waals surface area contributed by atoms with Crippen molar-refractivity contribution in [2.24, 2.45) is 0 Å².